The number of carbonyl (C=O) groups excluding carboxylic acids is 1. The molecule has 1 heterocycles. The molecule has 2 nitrogen and oxygen atoms in total. The maximum atomic E-state index is 12.2. The Kier molecular flexibility index (Phi) is 2.37. The number of hydrogen-bond donors (Lipinski definition) is 0. The third-order valence-corrected chi connectivity index (χ3v) is 6.37. The van der Waals surface area contributed by atoms with Gasteiger partial charge >= 0.3 is 5.97 Å². The van der Waals surface area contributed by atoms with Gasteiger partial charge in [0.25, 0.3) is 0 Å². The van der Waals surface area contributed by atoms with Gasteiger partial charge < -0.3 is 4.74 Å². The molecule has 0 unspecified atom stereocenters. The molecule has 0 bridgehead atoms. The Balaban J connectivity index is 1.95. The van der Waals surface area contributed by atoms with Gasteiger partial charge in [0.15, 0.2) is 0 Å². The Bertz CT molecular complexity index is 351. The molecule has 0 aromatic rings. The lowest BCUT2D eigenvalue weighted by Gasteiger charge is -2.42. The van der Waals surface area contributed by atoms with E-state index >= 15 is 0 Å². The van der Waals surface area contributed by atoms with Gasteiger partial charge in [-0.15, -0.1) is 0 Å². The van der Waals surface area contributed by atoms with E-state index in [9.17, 15) is 4.79 Å². The van der Waals surface area contributed by atoms with Gasteiger partial charge in [-0.1, -0.05) is 33.6 Å². The van der Waals surface area contributed by atoms with E-state index in [1.807, 2.05) is 0 Å². The van der Waals surface area contributed by atoms with Crippen molar-refractivity contribution in [1.82, 2.24) is 0 Å². The first-order valence-electron chi connectivity index (χ1n) is 7.16. The summed E-state index contributed by atoms with van der Waals surface area (Å²) in [5.74, 6) is 2.04. The van der Waals surface area contributed by atoms with Gasteiger partial charge in [0.05, 0.1) is 12.0 Å². The van der Waals surface area contributed by atoms with E-state index in [1.165, 1.54) is 19.3 Å². The van der Waals surface area contributed by atoms with Gasteiger partial charge in [-0.2, -0.15) is 0 Å². The highest BCUT2D eigenvalue weighted by molar-refractivity contribution is 5.79. The summed E-state index contributed by atoms with van der Waals surface area (Å²) in [6, 6.07) is 0. The van der Waals surface area contributed by atoms with Crippen LogP contribution < -0.4 is 0 Å². The molecule has 0 radical (unpaired) electrons. The number of cyclic esters (lactones) is 1. The number of ether oxygens (including phenoxy) is 1. The van der Waals surface area contributed by atoms with Crippen LogP contribution in [0.25, 0.3) is 0 Å². The molecule has 17 heavy (non-hydrogen) atoms. The standard InChI is InChI=1S/C15H24O2/c1-10-5-4-6-12-7-15(9-14(10,12)3)11(2)8-17-13(15)16/h10-12H,4-9H2,1-3H3/t10-,11-,12+,14+,15+/m0/s1. The molecule has 2 heteroatoms. The van der Waals surface area contributed by atoms with Crippen LogP contribution in [0.15, 0.2) is 0 Å². The maximum absolute atomic E-state index is 12.2. The minimum Gasteiger partial charge on any atom is -0.465 e. The SMILES string of the molecule is C[C@H]1COC(=O)[C@@]12C[C@H]1CCC[C@H](C)[C@@]1(C)C2. The summed E-state index contributed by atoms with van der Waals surface area (Å²) in [5, 5.41) is 0. The van der Waals surface area contributed by atoms with Crippen molar-refractivity contribution >= 4 is 5.97 Å². The molecule has 3 aliphatic rings. The van der Waals surface area contributed by atoms with Crippen LogP contribution in [0.5, 0.6) is 0 Å². The van der Waals surface area contributed by atoms with Gasteiger partial charge in [0.2, 0.25) is 0 Å². The fourth-order valence-electron chi connectivity index (χ4n) is 4.81. The van der Waals surface area contributed by atoms with Crippen LogP contribution in [0.4, 0.5) is 0 Å². The maximum Gasteiger partial charge on any atom is 0.312 e. The van der Waals surface area contributed by atoms with Gasteiger partial charge in [0, 0.05) is 5.92 Å². The van der Waals surface area contributed by atoms with Gasteiger partial charge in [-0.05, 0) is 36.5 Å². The van der Waals surface area contributed by atoms with E-state index < -0.39 is 0 Å². The molecule has 1 spiro atoms. The van der Waals surface area contributed by atoms with Crippen LogP contribution >= 0.6 is 0 Å². The average molecular weight is 236 g/mol. The molecule has 5 atom stereocenters. The Hall–Kier alpha value is -0.530. The summed E-state index contributed by atoms with van der Waals surface area (Å²) >= 11 is 0. The Morgan fingerprint density at radius 1 is 1.24 bits per heavy atom. The molecule has 1 saturated heterocycles. The zero-order valence-corrected chi connectivity index (χ0v) is 11.3. The summed E-state index contributed by atoms with van der Waals surface area (Å²) in [7, 11) is 0. The molecule has 2 aliphatic carbocycles. The molecular formula is C15H24O2. The summed E-state index contributed by atoms with van der Waals surface area (Å²) in [6.07, 6.45) is 6.18. The second kappa shape index (κ2) is 3.49. The van der Waals surface area contributed by atoms with E-state index in [0.717, 1.165) is 24.7 Å². The van der Waals surface area contributed by atoms with Crippen molar-refractivity contribution in [1.29, 1.82) is 0 Å². The second-order valence-electron chi connectivity index (χ2n) is 7.07. The molecule has 3 fully saturated rings. The summed E-state index contributed by atoms with van der Waals surface area (Å²) in [4.78, 5) is 12.2. The third kappa shape index (κ3) is 1.36. The highest BCUT2D eigenvalue weighted by Crippen LogP contribution is 2.64. The van der Waals surface area contributed by atoms with Crippen molar-refractivity contribution in [3.05, 3.63) is 0 Å². The van der Waals surface area contributed by atoms with Gasteiger partial charge in [-0.25, -0.2) is 0 Å². The fourth-order valence-corrected chi connectivity index (χ4v) is 4.81. The van der Waals surface area contributed by atoms with Gasteiger partial charge in [0.1, 0.15) is 0 Å². The minimum absolute atomic E-state index is 0.104. The van der Waals surface area contributed by atoms with Crippen LogP contribution in [0.2, 0.25) is 0 Å². The van der Waals surface area contributed by atoms with E-state index in [-0.39, 0.29) is 11.4 Å². The van der Waals surface area contributed by atoms with Gasteiger partial charge in [-0.3, -0.25) is 4.79 Å². The summed E-state index contributed by atoms with van der Waals surface area (Å²) in [5.41, 5.74) is 0.258. The molecule has 3 rings (SSSR count). The largest absolute Gasteiger partial charge is 0.465 e. The lowest BCUT2D eigenvalue weighted by molar-refractivity contribution is -0.146. The lowest BCUT2D eigenvalue weighted by atomic mass is 9.63. The second-order valence-corrected chi connectivity index (χ2v) is 7.07. The van der Waals surface area contributed by atoms with Crippen molar-refractivity contribution in [2.24, 2.45) is 28.6 Å². The summed E-state index contributed by atoms with van der Waals surface area (Å²) < 4.78 is 5.35. The number of rotatable bonds is 0. The third-order valence-electron chi connectivity index (χ3n) is 6.37. The van der Waals surface area contributed by atoms with Crippen LogP contribution in [0.3, 0.4) is 0 Å². The first-order chi connectivity index (χ1) is 7.99. The van der Waals surface area contributed by atoms with E-state index in [0.29, 0.717) is 17.9 Å². The smallest absolute Gasteiger partial charge is 0.312 e. The Morgan fingerprint density at radius 2 is 2.00 bits per heavy atom. The molecule has 1 aliphatic heterocycles. The molecule has 2 saturated carbocycles. The van der Waals surface area contributed by atoms with Crippen LogP contribution in [0.1, 0.15) is 52.9 Å². The van der Waals surface area contributed by atoms with E-state index in [2.05, 4.69) is 20.8 Å². The molecule has 0 aromatic carbocycles. The average Bonchev–Trinajstić information content (AvgIpc) is 2.74. The molecule has 96 valence electrons. The zero-order chi connectivity index (χ0) is 12.3. The number of hydrogen-bond acceptors (Lipinski definition) is 2. The fraction of sp³-hybridized carbons (Fsp3) is 0.933. The topological polar surface area (TPSA) is 26.3 Å². The van der Waals surface area contributed by atoms with Crippen molar-refractivity contribution in [2.45, 2.75) is 52.9 Å². The first-order valence-corrected chi connectivity index (χ1v) is 7.16. The molecule has 0 aromatic heterocycles. The highest BCUT2D eigenvalue weighted by atomic mass is 16.5. The number of carbonyl (C=O) groups is 1. The van der Waals surface area contributed by atoms with Crippen molar-refractivity contribution in [2.75, 3.05) is 6.61 Å². The van der Waals surface area contributed by atoms with Crippen LogP contribution in [0, 0.1) is 28.6 Å². The number of esters is 1. The van der Waals surface area contributed by atoms with Crippen molar-refractivity contribution < 1.29 is 9.53 Å². The quantitative estimate of drug-likeness (QED) is 0.602. The molecular weight excluding hydrogens is 212 g/mol. The molecule has 0 amide bonds. The van der Waals surface area contributed by atoms with Crippen molar-refractivity contribution in [3.63, 3.8) is 0 Å². The summed E-state index contributed by atoms with van der Waals surface area (Å²) in [6.45, 7) is 7.66. The van der Waals surface area contributed by atoms with E-state index in [4.69, 9.17) is 4.74 Å². The van der Waals surface area contributed by atoms with Crippen LogP contribution in [-0.2, 0) is 9.53 Å². The highest BCUT2D eigenvalue weighted by Gasteiger charge is 2.62. The number of fused-ring (bicyclic) bond motifs is 1. The first kappa shape index (κ1) is 11.6. The van der Waals surface area contributed by atoms with Crippen LogP contribution in [-0.4, -0.2) is 12.6 Å². The Labute approximate surface area is 104 Å². The van der Waals surface area contributed by atoms with Crippen molar-refractivity contribution in [3.8, 4) is 0 Å². The Morgan fingerprint density at radius 3 is 2.59 bits per heavy atom. The monoisotopic (exact) mass is 236 g/mol. The minimum atomic E-state index is -0.127. The normalized spacial score (nSPS) is 53.8. The molecule has 0 N–H and O–H groups in total. The zero-order valence-electron chi connectivity index (χ0n) is 11.3. The predicted octanol–water partition coefficient (Wildman–Crippen LogP) is 3.40. The predicted molar refractivity (Wildman–Crippen MR) is 66.4 cm³/mol. The van der Waals surface area contributed by atoms with E-state index in [1.54, 1.807) is 0 Å². The lowest BCUT2D eigenvalue weighted by Crippen LogP contribution is -2.35.